The highest BCUT2D eigenvalue weighted by atomic mass is 32.2. The second-order valence-corrected chi connectivity index (χ2v) is 15.1. The molecule has 1 aromatic heterocycles. The van der Waals surface area contributed by atoms with Crippen molar-refractivity contribution in [3.8, 4) is 0 Å². The lowest BCUT2D eigenvalue weighted by molar-refractivity contribution is -0.156. The third-order valence-electron chi connectivity index (χ3n) is 8.61. The van der Waals surface area contributed by atoms with E-state index in [4.69, 9.17) is 0 Å². The molecule has 2 N–H and O–H groups in total. The van der Waals surface area contributed by atoms with Gasteiger partial charge in [0.05, 0.1) is 6.26 Å². The molecule has 2 bridgehead atoms. The van der Waals surface area contributed by atoms with Gasteiger partial charge in [-0.3, -0.25) is 9.59 Å². The number of Topliss-reactive ketones (excluding diaryl/α,β-unsaturated/α-hetero) is 1. The molecule has 2 aliphatic heterocycles. The van der Waals surface area contributed by atoms with Gasteiger partial charge < -0.3 is 10.2 Å². The first-order valence-electron chi connectivity index (χ1n) is 12.6. The number of rotatable bonds is 5. The fraction of sp³-hybridized carbons (Fsp3) is 0.696. The van der Waals surface area contributed by atoms with Gasteiger partial charge in [-0.2, -0.15) is 8.42 Å². The Bertz CT molecular complexity index is 1360. The highest BCUT2D eigenvalue weighted by molar-refractivity contribution is 7.91. The zero-order valence-corrected chi connectivity index (χ0v) is 22.4. The molecular weight excluding hydrogens is 524 g/mol. The largest absolute Gasteiger partial charge is 0.335 e. The number of sulfonamides is 2. The number of hydrogen-bond donors (Lipinski definition) is 2. The summed E-state index contributed by atoms with van der Waals surface area (Å²) in [6.07, 6.45) is 9.03. The number of fused-ring (bicyclic) bond motifs is 6. The van der Waals surface area contributed by atoms with Crippen molar-refractivity contribution in [1.29, 1.82) is 0 Å². The van der Waals surface area contributed by atoms with Gasteiger partial charge in [0.25, 0.3) is 10.0 Å². The minimum absolute atomic E-state index is 0.0742. The molecular formula is C23H30N4O6S3. The molecule has 10 nitrogen and oxygen atoms in total. The van der Waals surface area contributed by atoms with Crippen LogP contribution in [0.4, 0.5) is 5.00 Å². The standard InChI is InChI=1S/C23H30N4O6S3/c1-35(30,31)24-10-14-11-34-22-20(14)36(32,33)26-21(25-22)17-19(28)16-12-7-8-13(9-12)18(16)27(23(17)29)15-5-3-2-4-6-15/h11-13,15-18,24H,2-10H2,1H3,(H,25,26)/t12-,13+,16-,17?,18+/m1/s1. The zero-order valence-electron chi connectivity index (χ0n) is 20.0. The molecule has 4 fully saturated rings. The van der Waals surface area contributed by atoms with Crippen LogP contribution >= 0.6 is 11.3 Å². The van der Waals surface area contributed by atoms with E-state index in [1.165, 1.54) is 0 Å². The van der Waals surface area contributed by atoms with E-state index in [1.54, 1.807) is 5.38 Å². The molecule has 3 saturated carbocycles. The normalized spacial score (nSPS) is 33.8. The Labute approximate surface area is 215 Å². The van der Waals surface area contributed by atoms with Crippen LogP contribution in [0.15, 0.2) is 14.7 Å². The number of amidine groups is 1. The first-order valence-corrected chi connectivity index (χ1v) is 16.8. The number of nitrogens with zero attached hydrogens (tertiary/aromatic N) is 2. The smallest absolute Gasteiger partial charge is 0.287 e. The summed E-state index contributed by atoms with van der Waals surface area (Å²) in [6.45, 7) is -0.194. The SMILES string of the molecule is CS(=O)(=O)NCc1csc2c1S(=O)(=O)N=C(C1C(=O)[C@@H]3[C@@H]4CC[C@@H](C4)[C@@H]3N(C3CCCCC3)C1=O)N2. The van der Waals surface area contributed by atoms with Crippen molar-refractivity contribution >= 4 is 53.9 Å². The Morgan fingerprint density at radius 2 is 1.86 bits per heavy atom. The maximum Gasteiger partial charge on any atom is 0.287 e. The molecule has 0 radical (unpaired) electrons. The third kappa shape index (κ3) is 3.93. The lowest BCUT2D eigenvalue weighted by atomic mass is 9.72. The molecule has 1 amide bonds. The summed E-state index contributed by atoms with van der Waals surface area (Å²) in [5.74, 6) is -1.58. The van der Waals surface area contributed by atoms with Gasteiger partial charge in [-0.05, 0) is 49.3 Å². The van der Waals surface area contributed by atoms with Crippen molar-refractivity contribution in [3.63, 3.8) is 0 Å². The Morgan fingerprint density at radius 3 is 2.58 bits per heavy atom. The van der Waals surface area contributed by atoms with Gasteiger partial charge in [-0.1, -0.05) is 19.3 Å². The van der Waals surface area contributed by atoms with E-state index in [1.807, 2.05) is 4.90 Å². The van der Waals surface area contributed by atoms with Crippen LogP contribution in [0.5, 0.6) is 0 Å². The van der Waals surface area contributed by atoms with Crippen LogP contribution < -0.4 is 10.0 Å². The number of hydrogen-bond acceptors (Lipinski definition) is 8. The number of carbonyl (C=O) groups is 2. The van der Waals surface area contributed by atoms with Crippen LogP contribution in [-0.2, 0) is 36.2 Å². The average molecular weight is 555 g/mol. The minimum Gasteiger partial charge on any atom is -0.335 e. The predicted octanol–water partition coefficient (Wildman–Crippen LogP) is 2.08. The van der Waals surface area contributed by atoms with Gasteiger partial charge in [0, 0.05) is 30.1 Å². The first-order chi connectivity index (χ1) is 17.0. The quantitative estimate of drug-likeness (QED) is 0.531. The molecule has 3 heterocycles. The average Bonchev–Trinajstić information content (AvgIpc) is 3.53. The summed E-state index contributed by atoms with van der Waals surface area (Å²) in [6, 6.07) is 0.00957. The molecule has 5 aliphatic rings. The Kier molecular flexibility index (Phi) is 5.86. The molecule has 13 heteroatoms. The van der Waals surface area contributed by atoms with Crippen molar-refractivity contribution in [2.75, 3.05) is 11.6 Å². The zero-order chi connectivity index (χ0) is 25.4. The van der Waals surface area contributed by atoms with Gasteiger partial charge in [0.2, 0.25) is 15.9 Å². The van der Waals surface area contributed by atoms with Gasteiger partial charge in [0.15, 0.2) is 11.7 Å². The summed E-state index contributed by atoms with van der Waals surface area (Å²) in [7, 11) is -7.77. The maximum absolute atomic E-state index is 14.0. The summed E-state index contributed by atoms with van der Waals surface area (Å²) in [4.78, 5) is 29.7. The Morgan fingerprint density at radius 1 is 1.14 bits per heavy atom. The van der Waals surface area contributed by atoms with Crippen molar-refractivity contribution in [2.45, 2.75) is 74.9 Å². The molecule has 0 aromatic carbocycles. The predicted molar refractivity (Wildman–Crippen MR) is 135 cm³/mol. The molecule has 36 heavy (non-hydrogen) atoms. The fourth-order valence-corrected chi connectivity index (χ4v) is 10.3. The molecule has 1 aromatic rings. The molecule has 1 unspecified atom stereocenters. The highest BCUT2D eigenvalue weighted by Crippen LogP contribution is 2.55. The van der Waals surface area contributed by atoms with Crippen molar-refractivity contribution in [1.82, 2.24) is 9.62 Å². The number of ketones is 1. The van der Waals surface area contributed by atoms with Crippen LogP contribution in [-0.4, -0.2) is 57.6 Å². The van der Waals surface area contributed by atoms with E-state index >= 15 is 0 Å². The summed E-state index contributed by atoms with van der Waals surface area (Å²) in [5.41, 5.74) is 0.272. The van der Waals surface area contributed by atoms with E-state index in [0.717, 1.165) is 69.0 Å². The maximum atomic E-state index is 14.0. The number of carbonyl (C=O) groups excluding carboxylic acids is 2. The first kappa shape index (κ1) is 24.5. The van der Waals surface area contributed by atoms with Crippen LogP contribution in [0.3, 0.4) is 0 Å². The monoisotopic (exact) mass is 554 g/mol. The van der Waals surface area contributed by atoms with E-state index in [9.17, 15) is 26.4 Å². The van der Waals surface area contributed by atoms with E-state index < -0.39 is 26.0 Å². The molecule has 0 spiro atoms. The Hall–Kier alpha value is -1.83. The second kappa shape index (κ2) is 8.60. The lowest BCUT2D eigenvalue weighted by Crippen LogP contribution is -2.64. The molecule has 196 valence electrons. The Balaban J connectivity index is 1.36. The van der Waals surface area contributed by atoms with Gasteiger partial charge >= 0.3 is 0 Å². The number of likely N-dealkylation sites (tertiary alicyclic amines) is 1. The van der Waals surface area contributed by atoms with Crippen LogP contribution in [0.2, 0.25) is 0 Å². The minimum atomic E-state index is -4.24. The fourth-order valence-electron chi connectivity index (χ4n) is 7.23. The summed E-state index contributed by atoms with van der Waals surface area (Å²) < 4.78 is 55.8. The molecule has 1 saturated heterocycles. The second-order valence-electron chi connectivity index (χ2n) is 10.8. The third-order valence-corrected chi connectivity index (χ3v) is 11.8. The van der Waals surface area contributed by atoms with E-state index in [0.29, 0.717) is 5.92 Å². The van der Waals surface area contributed by atoms with Crippen molar-refractivity contribution in [2.24, 2.45) is 28.1 Å². The molecule has 3 aliphatic carbocycles. The topological polar surface area (TPSA) is 142 Å². The number of nitrogens with one attached hydrogen (secondary N) is 2. The number of anilines is 1. The van der Waals surface area contributed by atoms with Gasteiger partial charge in [0.1, 0.15) is 15.7 Å². The molecule has 6 rings (SSSR count). The highest BCUT2D eigenvalue weighted by Gasteiger charge is 2.62. The lowest BCUT2D eigenvalue weighted by Gasteiger charge is -2.49. The van der Waals surface area contributed by atoms with E-state index in [2.05, 4.69) is 14.4 Å². The van der Waals surface area contributed by atoms with Crippen LogP contribution in [0.25, 0.3) is 0 Å². The van der Waals surface area contributed by atoms with Gasteiger partial charge in [-0.25, -0.2) is 13.1 Å². The number of amides is 1. The summed E-state index contributed by atoms with van der Waals surface area (Å²) >= 11 is 1.09. The van der Waals surface area contributed by atoms with Crippen molar-refractivity contribution < 1.29 is 26.4 Å². The summed E-state index contributed by atoms with van der Waals surface area (Å²) in [5, 5.41) is 4.80. The van der Waals surface area contributed by atoms with Crippen molar-refractivity contribution in [3.05, 3.63) is 10.9 Å². The van der Waals surface area contributed by atoms with Gasteiger partial charge in [-0.15, -0.1) is 15.7 Å². The van der Waals surface area contributed by atoms with E-state index in [-0.39, 0.29) is 63.5 Å². The number of piperidine rings is 1. The number of thiophene rings is 1. The van der Waals surface area contributed by atoms with Crippen LogP contribution in [0, 0.1) is 23.7 Å². The molecule has 5 atom stereocenters. The van der Waals surface area contributed by atoms with Crippen LogP contribution in [0.1, 0.15) is 56.9 Å².